The summed E-state index contributed by atoms with van der Waals surface area (Å²) < 4.78 is 5.86. The molecule has 4 aromatic heterocycles. The van der Waals surface area contributed by atoms with E-state index < -0.39 is 0 Å². The van der Waals surface area contributed by atoms with Crippen molar-refractivity contribution in [1.82, 2.24) is 33.5 Å². The SMILES string of the molecule is O=c1c2ccccc2n(-c2ccccc2)c2nc3ccc4c5ccccc5n(-c5nc(-c6ccccc6)nc(-c6ccccc6)n5)c4c3n12. The van der Waals surface area contributed by atoms with Gasteiger partial charge in [-0.15, -0.1) is 0 Å². The number of aromatic nitrogens is 7. The molecule has 0 atom stereocenters. The fourth-order valence-corrected chi connectivity index (χ4v) is 6.95. The minimum absolute atomic E-state index is 0.143. The third-order valence-electron chi connectivity index (χ3n) is 9.11. The number of rotatable bonds is 4. The van der Waals surface area contributed by atoms with Crippen molar-refractivity contribution in [2.75, 3.05) is 0 Å². The zero-order chi connectivity index (χ0) is 32.5. The van der Waals surface area contributed by atoms with Gasteiger partial charge in [-0.3, -0.25) is 13.9 Å². The molecule has 4 heterocycles. The van der Waals surface area contributed by atoms with Crippen molar-refractivity contribution in [2.24, 2.45) is 0 Å². The average molecular weight is 632 g/mol. The lowest BCUT2D eigenvalue weighted by Gasteiger charge is -2.13. The van der Waals surface area contributed by atoms with Gasteiger partial charge in [0.25, 0.3) is 5.56 Å². The van der Waals surface area contributed by atoms with Gasteiger partial charge in [-0.05, 0) is 42.5 Å². The summed E-state index contributed by atoms with van der Waals surface area (Å²) >= 11 is 0. The topological polar surface area (TPSA) is 82.9 Å². The van der Waals surface area contributed by atoms with Gasteiger partial charge >= 0.3 is 0 Å². The summed E-state index contributed by atoms with van der Waals surface area (Å²) in [5.41, 5.74) is 6.39. The van der Waals surface area contributed by atoms with Crippen molar-refractivity contribution < 1.29 is 0 Å². The average Bonchev–Trinajstić information content (AvgIpc) is 3.72. The van der Waals surface area contributed by atoms with Gasteiger partial charge in [0.15, 0.2) is 11.6 Å². The van der Waals surface area contributed by atoms with Crippen LogP contribution in [-0.4, -0.2) is 33.5 Å². The predicted octanol–water partition coefficient (Wildman–Crippen LogP) is 8.41. The van der Waals surface area contributed by atoms with Crippen LogP contribution in [-0.2, 0) is 0 Å². The Balaban J connectivity index is 1.40. The fourth-order valence-electron chi connectivity index (χ4n) is 6.95. The first-order valence-electron chi connectivity index (χ1n) is 16.1. The molecule has 8 nitrogen and oxygen atoms in total. The normalized spacial score (nSPS) is 11.8. The molecule has 0 aliphatic rings. The molecule has 0 radical (unpaired) electrons. The number of nitrogens with zero attached hydrogens (tertiary/aromatic N) is 7. The minimum Gasteiger partial charge on any atom is -0.279 e. The van der Waals surface area contributed by atoms with Gasteiger partial charge in [0.2, 0.25) is 11.7 Å². The zero-order valence-electron chi connectivity index (χ0n) is 26.0. The van der Waals surface area contributed by atoms with Crippen LogP contribution in [0.15, 0.2) is 156 Å². The summed E-state index contributed by atoms with van der Waals surface area (Å²) in [5, 5.41) is 2.57. The van der Waals surface area contributed by atoms with Crippen LogP contribution in [0, 0.1) is 0 Å². The van der Waals surface area contributed by atoms with Crippen LogP contribution in [0.2, 0.25) is 0 Å². The highest BCUT2D eigenvalue weighted by Gasteiger charge is 2.24. The fraction of sp³-hybridized carbons (Fsp3) is 0. The Bertz CT molecular complexity index is 2890. The van der Waals surface area contributed by atoms with E-state index in [1.54, 1.807) is 4.40 Å². The number of imidazole rings is 1. The van der Waals surface area contributed by atoms with Crippen molar-refractivity contribution in [3.05, 3.63) is 162 Å². The van der Waals surface area contributed by atoms with E-state index in [0.29, 0.717) is 39.8 Å². The highest BCUT2D eigenvalue weighted by Crippen LogP contribution is 2.37. The standard InChI is InChI=1S/C41H25N7O/c49-39-31-21-11-13-23-34(31)46(28-18-8-3-9-19-28)41-42-32-25-24-30-29-20-10-12-22-33(29)47(35(30)36(32)48(39)41)40-44-37(26-14-4-1-5-15-26)43-38(45-40)27-16-6-2-7-17-27/h1-25H. The number of fused-ring (bicyclic) bond motifs is 8. The lowest BCUT2D eigenvalue weighted by molar-refractivity contribution is 0.952. The monoisotopic (exact) mass is 631 g/mol. The third kappa shape index (κ3) is 4.07. The Labute approximate surface area is 278 Å². The molecule has 0 N–H and O–H groups in total. The van der Waals surface area contributed by atoms with Gasteiger partial charge < -0.3 is 0 Å². The maximum Gasteiger partial charge on any atom is 0.267 e. The van der Waals surface area contributed by atoms with Gasteiger partial charge in [-0.1, -0.05) is 109 Å². The second-order valence-electron chi connectivity index (χ2n) is 11.9. The molecule has 8 heteroatoms. The van der Waals surface area contributed by atoms with Crippen LogP contribution in [0.4, 0.5) is 0 Å². The van der Waals surface area contributed by atoms with Crippen molar-refractivity contribution in [1.29, 1.82) is 0 Å². The third-order valence-corrected chi connectivity index (χ3v) is 9.11. The molecule has 0 saturated heterocycles. The van der Waals surface area contributed by atoms with Crippen LogP contribution in [0.3, 0.4) is 0 Å². The van der Waals surface area contributed by atoms with Crippen LogP contribution >= 0.6 is 0 Å². The van der Waals surface area contributed by atoms with Crippen LogP contribution in [0.1, 0.15) is 0 Å². The first-order chi connectivity index (χ1) is 24.2. The van der Waals surface area contributed by atoms with Crippen LogP contribution in [0.5, 0.6) is 0 Å². The highest BCUT2D eigenvalue weighted by atomic mass is 16.1. The van der Waals surface area contributed by atoms with E-state index in [1.807, 2.05) is 133 Å². The first-order valence-corrected chi connectivity index (χ1v) is 16.1. The summed E-state index contributed by atoms with van der Waals surface area (Å²) in [4.78, 5) is 34.9. The lowest BCUT2D eigenvalue weighted by Crippen LogP contribution is -2.18. The summed E-state index contributed by atoms with van der Waals surface area (Å²) in [6.07, 6.45) is 0. The molecule has 0 unspecified atom stereocenters. The van der Waals surface area contributed by atoms with Gasteiger partial charge in [-0.25, -0.2) is 14.4 Å². The van der Waals surface area contributed by atoms with E-state index in [-0.39, 0.29) is 5.56 Å². The molecule has 0 aliphatic heterocycles. The molecule has 0 spiro atoms. The molecule has 0 aliphatic carbocycles. The highest BCUT2D eigenvalue weighted by molar-refractivity contribution is 6.17. The second-order valence-corrected chi connectivity index (χ2v) is 11.9. The van der Waals surface area contributed by atoms with Crippen molar-refractivity contribution in [2.45, 2.75) is 0 Å². The van der Waals surface area contributed by atoms with Crippen molar-refractivity contribution >= 4 is 49.5 Å². The Morgan fingerprint density at radius 2 is 0.980 bits per heavy atom. The molecule has 0 bridgehead atoms. The summed E-state index contributed by atoms with van der Waals surface area (Å²) in [6, 6.07) is 49.9. The Morgan fingerprint density at radius 1 is 0.429 bits per heavy atom. The van der Waals surface area contributed by atoms with E-state index in [2.05, 4.69) is 27.3 Å². The lowest BCUT2D eigenvalue weighted by atomic mass is 10.1. The Kier molecular flexibility index (Phi) is 5.86. The predicted molar refractivity (Wildman–Crippen MR) is 194 cm³/mol. The molecule has 0 saturated carbocycles. The van der Waals surface area contributed by atoms with Crippen molar-refractivity contribution in [3.8, 4) is 34.4 Å². The van der Waals surface area contributed by atoms with Gasteiger partial charge in [0.1, 0.15) is 5.52 Å². The van der Waals surface area contributed by atoms with E-state index in [9.17, 15) is 4.79 Å². The number of para-hydroxylation sites is 3. The molecule has 6 aromatic carbocycles. The number of benzene rings is 6. The van der Waals surface area contributed by atoms with Gasteiger partial charge in [-0.2, -0.15) is 9.97 Å². The smallest absolute Gasteiger partial charge is 0.267 e. The molecule has 49 heavy (non-hydrogen) atoms. The van der Waals surface area contributed by atoms with Crippen LogP contribution < -0.4 is 5.56 Å². The maximum absolute atomic E-state index is 14.6. The maximum atomic E-state index is 14.6. The molecule has 230 valence electrons. The van der Waals surface area contributed by atoms with E-state index in [1.165, 1.54) is 0 Å². The molecule has 0 fully saturated rings. The van der Waals surface area contributed by atoms with Gasteiger partial charge in [0.05, 0.1) is 27.5 Å². The summed E-state index contributed by atoms with van der Waals surface area (Å²) in [5.74, 6) is 2.08. The number of hydrogen-bond acceptors (Lipinski definition) is 5. The first kappa shape index (κ1) is 27.2. The molecule has 10 rings (SSSR count). The Hall–Kier alpha value is -6.93. The van der Waals surface area contributed by atoms with Crippen molar-refractivity contribution in [3.63, 3.8) is 0 Å². The molecular formula is C41H25N7O. The van der Waals surface area contributed by atoms with Gasteiger partial charge in [0, 0.05) is 27.6 Å². The molecule has 10 aromatic rings. The van der Waals surface area contributed by atoms with E-state index in [4.69, 9.17) is 19.9 Å². The van der Waals surface area contributed by atoms with E-state index in [0.717, 1.165) is 44.1 Å². The minimum atomic E-state index is -0.143. The summed E-state index contributed by atoms with van der Waals surface area (Å²) in [6.45, 7) is 0. The molecule has 0 amide bonds. The molecular weight excluding hydrogens is 606 g/mol. The zero-order valence-corrected chi connectivity index (χ0v) is 26.0. The van der Waals surface area contributed by atoms with E-state index >= 15 is 0 Å². The van der Waals surface area contributed by atoms with Crippen LogP contribution in [0.25, 0.3) is 83.9 Å². The summed E-state index contributed by atoms with van der Waals surface area (Å²) in [7, 11) is 0. The number of hydrogen-bond donors (Lipinski definition) is 0. The second kappa shape index (κ2) is 10.5. The Morgan fingerprint density at radius 3 is 1.63 bits per heavy atom. The quantitative estimate of drug-likeness (QED) is 0.195. The largest absolute Gasteiger partial charge is 0.279 e.